The molecule has 0 spiro atoms. The number of thioether (sulfide) groups is 1. The van der Waals surface area contributed by atoms with Gasteiger partial charge in [-0.3, -0.25) is 9.36 Å². The number of aromatic nitrogens is 3. The predicted molar refractivity (Wildman–Crippen MR) is 138 cm³/mol. The van der Waals surface area contributed by atoms with Gasteiger partial charge in [-0.25, -0.2) is 0 Å². The number of carbonyl (C=O) groups excluding carboxylic acids is 1. The maximum atomic E-state index is 13.2. The number of hydrogen-bond acceptors (Lipinski definition) is 6. The third-order valence-electron chi connectivity index (χ3n) is 5.38. The van der Waals surface area contributed by atoms with E-state index in [1.165, 1.54) is 11.8 Å². The number of nitrogens with zero attached hydrogens (tertiary/aromatic N) is 4. The van der Waals surface area contributed by atoms with Gasteiger partial charge in [0.25, 0.3) is 0 Å². The van der Waals surface area contributed by atoms with Gasteiger partial charge in [0, 0.05) is 25.3 Å². The van der Waals surface area contributed by atoms with Crippen LogP contribution >= 0.6 is 11.8 Å². The Morgan fingerprint density at radius 2 is 1.60 bits per heavy atom. The molecule has 8 heteroatoms. The van der Waals surface area contributed by atoms with Gasteiger partial charge < -0.3 is 14.4 Å². The van der Waals surface area contributed by atoms with Crippen molar-refractivity contribution < 1.29 is 14.3 Å². The second kappa shape index (κ2) is 11.1. The fraction of sp³-hybridized carbons (Fsp3) is 0.222. The van der Waals surface area contributed by atoms with Crippen molar-refractivity contribution in [3.63, 3.8) is 0 Å². The zero-order chi connectivity index (χ0) is 24.8. The third kappa shape index (κ3) is 5.49. The second-order valence-electron chi connectivity index (χ2n) is 7.94. The Hall–Kier alpha value is -3.78. The number of likely N-dealkylation sites (N-methyl/N-ethyl adjacent to an activating group) is 1. The van der Waals surface area contributed by atoms with Gasteiger partial charge in [-0.2, -0.15) is 0 Å². The van der Waals surface area contributed by atoms with E-state index in [4.69, 9.17) is 9.47 Å². The van der Waals surface area contributed by atoms with Gasteiger partial charge in [0.1, 0.15) is 16.7 Å². The lowest BCUT2D eigenvalue weighted by atomic mass is 10.1. The normalized spacial score (nSPS) is 11.7. The zero-order valence-corrected chi connectivity index (χ0v) is 21.0. The number of carbonyl (C=O) groups is 1. The van der Waals surface area contributed by atoms with Crippen LogP contribution in [-0.4, -0.2) is 53.4 Å². The summed E-state index contributed by atoms with van der Waals surface area (Å²) in [5.41, 5.74) is 2.66. The van der Waals surface area contributed by atoms with Crippen molar-refractivity contribution in [3.05, 3.63) is 84.4 Å². The average molecular weight is 489 g/mol. The molecule has 0 aliphatic carbocycles. The maximum absolute atomic E-state index is 13.2. The lowest BCUT2D eigenvalue weighted by Crippen LogP contribution is -2.27. The lowest BCUT2D eigenvalue weighted by Gasteiger charge is -2.20. The summed E-state index contributed by atoms with van der Waals surface area (Å²) in [7, 11) is 5.16. The molecule has 4 rings (SSSR count). The summed E-state index contributed by atoms with van der Waals surface area (Å²) in [6.45, 7) is 2.55. The molecule has 0 radical (unpaired) electrons. The van der Waals surface area contributed by atoms with Crippen molar-refractivity contribution >= 4 is 17.7 Å². The van der Waals surface area contributed by atoms with Crippen LogP contribution in [0.3, 0.4) is 0 Å². The largest absolute Gasteiger partial charge is 0.497 e. The van der Waals surface area contributed by atoms with Crippen molar-refractivity contribution in [3.8, 4) is 28.6 Å². The number of hydrogen-bond donors (Lipinski definition) is 0. The highest BCUT2D eigenvalue weighted by Gasteiger charge is 2.27. The molecule has 0 saturated heterocycles. The van der Waals surface area contributed by atoms with E-state index in [2.05, 4.69) is 10.2 Å². The van der Waals surface area contributed by atoms with Crippen LogP contribution in [0.2, 0.25) is 0 Å². The van der Waals surface area contributed by atoms with E-state index in [0.717, 1.165) is 28.3 Å². The summed E-state index contributed by atoms with van der Waals surface area (Å²) in [6.07, 6.45) is 0. The summed E-state index contributed by atoms with van der Waals surface area (Å²) in [5.74, 6) is 2.20. The maximum Gasteiger partial charge on any atom is 0.240 e. The van der Waals surface area contributed by atoms with Gasteiger partial charge >= 0.3 is 0 Å². The monoisotopic (exact) mass is 488 g/mol. The van der Waals surface area contributed by atoms with Crippen LogP contribution in [0.1, 0.15) is 17.7 Å². The molecule has 1 aromatic heterocycles. The first-order chi connectivity index (χ1) is 17.0. The number of methoxy groups -OCH3 is 1. The molecule has 7 nitrogen and oxygen atoms in total. The Kier molecular flexibility index (Phi) is 7.72. The van der Waals surface area contributed by atoms with E-state index in [1.54, 1.807) is 26.1 Å². The molecule has 0 fully saturated rings. The smallest absolute Gasteiger partial charge is 0.240 e. The standard InChI is InChI=1S/C27H28N4O3S/c1-5-34-23-17-13-21(14-18-23)31-25(20-11-15-22(33-4)16-12-20)28-29-27(31)35-24(26(32)30(2)3)19-9-7-6-8-10-19/h6-18,24H,5H2,1-4H3. The number of ether oxygens (including phenoxy) is 2. The van der Waals surface area contributed by atoms with Crippen molar-refractivity contribution in [1.82, 2.24) is 19.7 Å². The molecule has 4 aromatic rings. The van der Waals surface area contributed by atoms with E-state index in [0.29, 0.717) is 17.6 Å². The van der Waals surface area contributed by atoms with Crippen LogP contribution < -0.4 is 9.47 Å². The fourth-order valence-electron chi connectivity index (χ4n) is 3.59. The third-order valence-corrected chi connectivity index (χ3v) is 6.56. The molecule has 0 aliphatic heterocycles. The number of benzene rings is 3. The molecule has 3 aromatic carbocycles. The van der Waals surface area contributed by atoms with Gasteiger partial charge in [-0.05, 0) is 61.0 Å². The highest BCUT2D eigenvalue weighted by molar-refractivity contribution is 8.00. The van der Waals surface area contributed by atoms with E-state index < -0.39 is 5.25 Å². The quantitative estimate of drug-likeness (QED) is 0.299. The Morgan fingerprint density at radius 1 is 0.943 bits per heavy atom. The number of rotatable bonds is 9. The van der Waals surface area contributed by atoms with Crippen LogP contribution in [0.15, 0.2) is 84.0 Å². The van der Waals surface area contributed by atoms with Crippen molar-refractivity contribution in [2.24, 2.45) is 0 Å². The van der Waals surface area contributed by atoms with Gasteiger partial charge in [-0.1, -0.05) is 42.1 Å². The Labute approximate surface area is 209 Å². The lowest BCUT2D eigenvalue weighted by molar-refractivity contribution is -0.128. The zero-order valence-electron chi connectivity index (χ0n) is 20.2. The molecule has 1 amide bonds. The molecule has 0 bridgehead atoms. The molecule has 1 heterocycles. The molecule has 0 N–H and O–H groups in total. The SMILES string of the molecule is CCOc1ccc(-n2c(SC(C(=O)N(C)C)c3ccccc3)nnc2-c2ccc(OC)cc2)cc1. The average Bonchev–Trinajstić information content (AvgIpc) is 3.31. The van der Waals surface area contributed by atoms with Crippen LogP contribution in [0.4, 0.5) is 0 Å². The summed E-state index contributed by atoms with van der Waals surface area (Å²) >= 11 is 1.38. The minimum Gasteiger partial charge on any atom is -0.497 e. The topological polar surface area (TPSA) is 69.5 Å². The van der Waals surface area contributed by atoms with E-state index in [-0.39, 0.29) is 5.91 Å². The van der Waals surface area contributed by atoms with Crippen LogP contribution in [0, 0.1) is 0 Å². The summed E-state index contributed by atoms with van der Waals surface area (Å²) in [4.78, 5) is 14.8. The van der Waals surface area contributed by atoms with Crippen LogP contribution in [0.25, 0.3) is 17.1 Å². The van der Waals surface area contributed by atoms with Crippen LogP contribution in [0.5, 0.6) is 11.5 Å². The van der Waals surface area contributed by atoms with Gasteiger partial charge in [0.05, 0.1) is 13.7 Å². The molecule has 0 aliphatic rings. The summed E-state index contributed by atoms with van der Waals surface area (Å²) in [5, 5.41) is 9.19. The molecule has 180 valence electrons. The van der Waals surface area contributed by atoms with Gasteiger partial charge in [0.15, 0.2) is 11.0 Å². The molecular weight excluding hydrogens is 460 g/mol. The molecule has 1 unspecified atom stereocenters. The minimum atomic E-state index is -0.472. The van der Waals surface area contributed by atoms with Crippen molar-refractivity contribution in [1.29, 1.82) is 0 Å². The van der Waals surface area contributed by atoms with Crippen molar-refractivity contribution in [2.45, 2.75) is 17.3 Å². The fourth-order valence-corrected chi connectivity index (χ4v) is 4.79. The first-order valence-corrected chi connectivity index (χ1v) is 12.2. The minimum absolute atomic E-state index is 0.0200. The molecule has 0 saturated carbocycles. The van der Waals surface area contributed by atoms with Crippen molar-refractivity contribution in [2.75, 3.05) is 27.8 Å². The first-order valence-electron chi connectivity index (χ1n) is 11.3. The molecule has 1 atom stereocenters. The number of amides is 1. The summed E-state index contributed by atoms with van der Waals surface area (Å²) < 4.78 is 12.9. The van der Waals surface area contributed by atoms with Gasteiger partial charge in [0.2, 0.25) is 5.91 Å². The highest BCUT2D eigenvalue weighted by atomic mass is 32.2. The Bertz CT molecular complexity index is 1260. The Balaban J connectivity index is 1.81. The summed E-state index contributed by atoms with van der Waals surface area (Å²) in [6, 6.07) is 25.2. The van der Waals surface area contributed by atoms with E-state index >= 15 is 0 Å². The molecular formula is C27H28N4O3S. The molecule has 35 heavy (non-hydrogen) atoms. The van der Waals surface area contributed by atoms with E-state index in [1.807, 2.05) is 90.4 Å². The van der Waals surface area contributed by atoms with Crippen LogP contribution in [-0.2, 0) is 4.79 Å². The first kappa shape index (κ1) is 24.3. The predicted octanol–water partition coefficient (Wildman–Crippen LogP) is 5.26. The Morgan fingerprint density at radius 3 is 2.20 bits per heavy atom. The van der Waals surface area contributed by atoms with E-state index in [9.17, 15) is 4.79 Å². The second-order valence-corrected chi connectivity index (χ2v) is 9.01. The van der Waals surface area contributed by atoms with Gasteiger partial charge in [-0.15, -0.1) is 10.2 Å². The highest BCUT2D eigenvalue weighted by Crippen LogP contribution is 2.38.